The van der Waals surface area contributed by atoms with Crippen molar-refractivity contribution >= 4 is 35.3 Å². The van der Waals surface area contributed by atoms with Crippen LogP contribution >= 0.6 is 0 Å². The van der Waals surface area contributed by atoms with E-state index in [1.807, 2.05) is 0 Å². The van der Waals surface area contributed by atoms with Gasteiger partial charge in [0.15, 0.2) is 6.61 Å². The summed E-state index contributed by atoms with van der Waals surface area (Å²) in [5, 5.41) is 2.53. The van der Waals surface area contributed by atoms with E-state index in [2.05, 4.69) is 10.1 Å². The second kappa shape index (κ2) is 7.89. The van der Waals surface area contributed by atoms with Crippen molar-refractivity contribution in [3.8, 4) is 0 Å². The summed E-state index contributed by atoms with van der Waals surface area (Å²) in [6.45, 7) is -1.02. The van der Waals surface area contributed by atoms with Gasteiger partial charge in [-0.15, -0.1) is 0 Å². The largest absolute Gasteiger partial charge is 0.465 e. The molecule has 2 saturated carbocycles. The zero-order valence-electron chi connectivity index (χ0n) is 16.5. The number of hydrogen-bond acceptors (Lipinski definition) is 7. The van der Waals surface area contributed by atoms with E-state index in [0.717, 1.165) is 24.2 Å². The number of nitrogens with one attached hydrogen (secondary N) is 1. The zero-order chi connectivity index (χ0) is 21.4. The van der Waals surface area contributed by atoms with E-state index in [0.29, 0.717) is 11.3 Å². The average Bonchev–Trinajstić information content (AvgIpc) is 3.42. The van der Waals surface area contributed by atoms with Gasteiger partial charge in [-0.3, -0.25) is 24.1 Å². The molecule has 4 atom stereocenters. The van der Waals surface area contributed by atoms with E-state index in [1.165, 1.54) is 31.4 Å². The van der Waals surface area contributed by atoms with Crippen LogP contribution in [0.1, 0.15) is 29.6 Å². The Kier molecular flexibility index (Phi) is 5.27. The van der Waals surface area contributed by atoms with Crippen LogP contribution in [0.4, 0.5) is 5.69 Å². The van der Waals surface area contributed by atoms with E-state index in [-0.39, 0.29) is 35.5 Å². The number of ether oxygens (including phenoxy) is 2. The highest BCUT2D eigenvalue weighted by Gasteiger charge is 2.61. The number of nitrogens with zero attached hydrogens (tertiary/aromatic N) is 1. The summed E-state index contributed by atoms with van der Waals surface area (Å²) in [4.78, 5) is 61.6. The zero-order valence-corrected chi connectivity index (χ0v) is 16.5. The van der Waals surface area contributed by atoms with Crippen molar-refractivity contribution in [3.63, 3.8) is 0 Å². The first-order chi connectivity index (χ1) is 14.4. The SMILES string of the molecule is COC(=O)c1ccc(NC(=O)COC(=O)CN2C(=O)[C@H]3[C@H]4CC[C@@H](C4)[C@@H]3C2=O)cc1. The van der Waals surface area contributed by atoms with Gasteiger partial charge in [-0.25, -0.2) is 4.79 Å². The van der Waals surface area contributed by atoms with E-state index in [9.17, 15) is 24.0 Å². The molecule has 3 aliphatic rings. The molecule has 0 spiro atoms. The highest BCUT2D eigenvalue weighted by Crippen LogP contribution is 2.56. The molecular weight excluding hydrogens is 392 g/mol. The fourth-order valence-electron chi connectivity index (χ4n) is 4.95. The van der Waals surface area contributed by atoms with Gasteiger partial charge in [0, 0.05) is 5.69 Å². The third-order valence-electron chi connectivity index (χ3n) is 6.26. The number of amides is 3. The molecule has 1 aliphatic heterocycles. The highest BCUT2D eigenvalue weighted by atomic mass is 16.5. The van der Waals surface area contributed by atoms with E-state index < -0.39 is 31.0 Å². The number of carbonyl (C=O) groups excluding carboxylic acids is 5. The van der Waals surface area contributed by atoms with Crippen LogP contribution in [0.2, 0.25) is 0 Å². The van der Waals surface area contributed by atoms with Gasteiger partial charge in [0.05, 0.1) is 24.5 Å². The minimum atomic E-state index is -0.805. The summed E-state index contributed by atoms with van der Waals surface area (Å²) in [6, 6.07) is 6.01. The van der Waals surface area contributed by atoms with Crippen molar-refractivity contribution < 1.29 is 33.4 Å². The average molecular weight is 414 g/mol. The van der Waals surface area contributed by atoms with Gasteiger partial charge in [-0.2, -0.15) is 0 Å². The van der Waals surface area contributed by atoms with Gasteiger partial charge >= 0.3 is 11.9 Å². The molecule has 0 radical (unpaired) electrons. The van der Waals surface area contributed by atoms with Crippen molar-refractivity contribution in [1.82, 2.24) is 4.90 Å². The number of benzene rings is 1. The second-order valence-corrected chi connectivity index (χ2v) is 7.93. The van der Waals surface area contributed by atoms with Crippen molar-refractivity contribution in [2.75, 3.05) is 25.6 Å². The van der Waals surface area contributed by atoms with E-state index in [1.54, 1.807) is 0 Å². The lowest BCUT2D eigenvalue weighted by Gasteiger charge is -2.19. The fourth-order valence-corrected chi connectivity index (χ4v) is 4.95. The van der Waals surface area contributed by atoms with Crippen molar-refractivity contribution in [1.29, 1.82) is 0 Å². The van der Waals surface area contributed by atoms with Crippen molar-refractivity contribution in [2.45, 2.75) is 19.3 Å². The smallest absolute Gasteiger partial charge is 0.337 e. The molecule has 158 valence electrons. The van der Waals surface area contributed by atoms with Gasteiger partial charge in [0.25, 0.3) is 5.91 Å². The Balaban J connectivity index is 1.26. The lowest BCUT2D eigenvalue weighted by Crippen LogP contribution is -2.38. The predicted molar refractivity (Wildman–Crippen MR) is 102 cm³/mol. The molecule has 0 unspecified atom stereocenters. The quantitative estimate of drug-likeness (QED) is 0.544. The third-order valence-corrected chi connectivity index (χ3v) is 6.26. The molecular formula is C21H22N2O7. The van der Waals surface area contributed by atoms with E-state index in [4.69, 9.17) is 4.74 Å². The molecule has 1 saturated heterocycles. The Morgan fingerprint density at radius 1 is 1.03 bits per heavy atom. The Labute approximate surface area is 172 Å². The van der Waals surface area contributed by atoms with Crippen LogP contribution in [0.15, 0.2) is 24.3 Å². The lowest BCUT2D eigenvalue weighted by molar-refractivity contribution is -0.154. The minimum Gasteiger partial charge on any atom is -0.465 e. The molecule has 9 heteroatoms. The van der Waals surface area contributed by atoms with Crippen LogP contribution in [0, 0.1) is 23.7 Å². The van der Waals surface area contributed by atoms with Crippen LogP contribution in [-0.2, 0) is 28.7 Å². The fraction of sp³-hybridized carbons (Fsp3) is 0.476. The number of methoxy groups -OCH3 is 1. The molecule has 1 aromatic carbocycles. The number of likely N-dealkylation sites (tertiary alicyclic amines) is 1. The standard InChI is InChI=1S/C21H22N2O7/c1-29-21(28)11-4-6-14(7-5-11)22-15(24)10-30-16(25)9-23-19(26)17-12-2-3-13(8-12)18(17)20(23)27/h4-7,12-13,17-18H,2-3,8-10H2,1H3,(H,22,24)/t12-,13-,17-,18-/m0/s1. The van der Waals surface area contributed by atoms with Gasteiger partial charge in [0.1, 0.15) is 6.54 Å². The summed E-state index contributed by atoms with van der Waals surface area (Å²) < 4.78 is 9.53. The lowest BCUT2D eigenvalue weighted by atomic mass is 9.81. The third kappa shape index (κ3) is 3.55. The molecule has 0 aromatic heterocycles. The van der Waals surface area contributed by atoms with Crippen LogP contribution in [0.5, 0.6) is 0 Å². The summed E-state index contributed by atoms with van der Waals surface area (Å²) in [6.07, 6.45) is 2.85. The van der Waals surface area contributed by atoms with Crippen LogP contribution in [0.25, 0.3) is 0 Å². The summed E-state index contributed by atoms with van der Waals surface area (Å²) in [5.41, 5.74) is 0.747. The van der Waals surface area contributed by atoms with Crippen LogP contribution < -0.4 is 5.32 Å². The summed E-state index contributed by atoms with van der Waals surface area (Å²) in [7, 11) is 1.27. The maximum atomic E-state index is 12.6. The first-order valence-corrected chi connectivity index (χ1v) is 9.88. The number of fused-ring (bicyclic) bond motifs is 5. The van der Waals surface area contributed by atoms with Crippen molar-refractivity contribution in [2.24, 2.45) is 23.7 Å². The number of hydrogen-bond donors (Lipinski definition) is 1. The summed E-state index contributed by atoms with van der Waals surface area (Å²) in [5.74, 6) is -2.55. The predicted octanol–water partition coefficient (Wildman–Crippen LogP) is 0.986. The molecule has 1 N–H and O–H groups in total. The van der Waals surface area contributed by atoms with Gasteiger partial charge in [-0.1, -0.05) is 0 Å². The number of carbonyl (C=O) groups is 5. The molecule has 3 fully saturated rings. The minimum absolute atomic E-state index is 0.244. The molecule has 1 aromatic rings. The molecule has 30 heavy (non-hydrogen) atoms. The number of imide groups is 1. The molecule has 4 rings (SSSR count). The molecule has 1 heterocycles. The molecule has 3 amide bonds. The van der Waals surface area contributed by atoms with Crippen molar-refractivity contribution in [3.05, 3.63) is 29.8 Å². The Bertz CT molecular complexity index is 882. The van der Waals surface area contributed by atoms with Gasteiger partial charge in [-0.05, 0) is 55.4 Å². The van der Waals surface area contributed by atoms with Crippen LogP contribution in [-0.4, -0.2) is 54.8 Å². The maximum Gasteiger partial charge on any atom is 0.337 e. The molecule has 2 bridgehead atoms. The summed E-state index contributed by atoms with van der Waals surface area (Å²) >= 11 is 0. The number of rotatable bonds is 6. The second-order valence-electron chi connectivity index (χ2n) is 7.93. The first kappa shape index (κ1) is 20.1. The Hall–Kier alpha value is -3.23. The Morgan fingerprint density at radius 3 is 2.20 bits per heavy atom. The van der Waals surface area contributed by atoms with Crippen LogP contribution in [0.3, 0.4) is 0 Å². The van der Waals surface area contributed by atoms with Gasteiger partial charge < -0.3 is 14.8 Å². The monoisotopic (exact) mass is 414 g/mol. The normalized spacial score (nSPS) is 26.5. The first-order valence-electron chi connectivity index (χ1n) is 9.88. The topological polar surface area (TPSA) is 119 Å². The number of esters is 2. The molecule has 9 nitrogen and oxygen atoms in total. The Morgan fingerprint density at radius 2 is 1.63 bits per heavy atom. The molecule has 2 aliphatic carbocycles. The number of anilines is 1. The highest BCUT2D eigenvalue weighted by molar-refractivity contribution is 6.08. The maximum absolute atomic E-state index is 12.6. The van der Waals surface area contributed by atoms with E-state index >= 15 is 0 Å². The van der Waals surface area contributed by atoms with Gasteiger partial charge in [0.2, 0.25) is 11.8 Å².